The molecule has 1 heterocycles. The summed E-state index contributed by atoms with van der Waals surface area (Å²) in [5.41, 5.74) is 2.80. The van der Waals surface area contributed by atoms with Gasteiger partial charge < -0.3 is 4.90 Å². The van der Waals surface area contributed by atoms with Gasteiger partial charge in [0.25, 0.3) is 0 Å². The van der Waals surface area contributed by atoms with Gasteiger partial charge in [-0.2, -0.15) is 0 Å². The average molecular weight is 175 g/mol. The molecule has 2 rings (SSSR count). The fraction of sp³-hybridized carbons (Fsp3) is 0.500. The number of nitrogens with zero attached hydrogens (tertiary/aromatic N) is 1. The summed E-state index contributed by atoms with van der Waals surface area (Å²) in [6.45, 7) is 6.78. The highest BCUT2D eigenvalue weighted by Gasteiger charge is 2.32. The number of hydrogen-bond acceptors (Lipinski definition) is 1. The van der Waals surface area contributed by atoms with Crippen LogP contribution in [0.1, 0.15) is 25.8 Å². The molecule has 0 aliphatic carbocycles. The van der Waals surface area contributed by atoms with Crippen LogP contribution in [-0.4, -0.2) is 12.1 Å². The first-order chi connectivity index (χ1) is 6.20. The van der Waals surface area contributed by atoms with Gasteiger partial charge in [0, 0.05) is 17.8 Å². The minimum atomic E-state index is 0.719. The van der Waals surface area contributed by atoms with Crippen molar-refractivity contribution in [3.05, 3.63) is 29.8 Å². The summed E-state index contributed by atoms with van der Waals surface area (Å²) in [7, 11) is 0. The summed E-state index contributed by atoms with van der Waals surface area (Å²) in [6.07, 6.45) is 1.33. The van der Waals surface area contributed by atoms with E-state index >= 15 is 0 Å². The quantitative estimate of drug-likeness (QED) is 0.634. The summed E-state index contributed by atoms with van der Waals surface area (Å²) in [6, 6.07) is 10.1. The summed E-state index contributed by atoms with van der Waals surface area (Å²) < 4.78 is 0. The van der Waals surface area contributed by atoms with E-state index in [0.717, 1.165) is 12.1 Å². The van der Waals surface area contributed by atoms with Crippen molar-refractivity contribution in [3.63, 3.8) is 0 Å². The van der Waals surface area contributed by atoms with Crippen LogP contribution < -0.4 is 4.90 Å². The minimum Gasteiger partial charge on any atom is -0.366 e. The van der Waals surface area contributed by atoms with E-state index in [2.05, 4.69) is 49.9 Å². The zero-order valence-electron chi connectivity index (χ0n) is 8.62. The maximum absolute atomic E-state index is 2.51. The molecule has 0 amide bonds. The van der Waals surface area contributed by atoms with Crippen LogP contribution in [0.3, 0.4) is 0 Å². The Balaban J connectivity index is 2.30. The van der Waals surface area contributed by atoms with E-state index in [1.165, 1.54) is 17.7 Å². The Morgan fingerprint density at radius 1 is 1.15 bits per heavy atom. The largest absolute Gasteiger partial charge is 0.366 e. The van der Waals surface area contributed by atoms with Gasteiger partial charge in [-0.3, -0.25) is 0 Å². The van der Waals surface area contributed by atoms with Crippen molar-refractivity contribution in [2.75, 3.05) is 4.90 Å². The molecule has 1 aliphatic heterocycles. The van der Waals surface area contributed by atoms with E-state index in [-0.39, 0.29) is 0 Å². The molecule has 1 aromatic carbocycles. The van der Waals surface area contributed by atoms with Crippen molar-refractivity contribution < 1.29 is 0 Å². The number of hydrogen-bond donors (Lipinski definition) is 0. The van der Waals surface area contributed by atoms with Crippen LogP contribution in [0.5, 0.6) is 0 Å². The van der Waals surface area contributed by atoms with Crippen LogP contribution in [0.4, 0.5) is 5.69 Å². The lowest BCUT2D eigenvalue weighted by Crippen LogP contribution is -2.53. The van der Waals surface area contributed by atoms with E-state index in [0.29, 0.717) is 0 Å². The fourth-order valence-electron chi connectivity index (χ4n) is 2.35. The van der Waals surface area contributed by atoms with Crippen LogP contribution in [0.2, 0.25) is 0 Å². The van der Waals surface area contributed by atoms with Crippen LogP contribution in [0, 0.1) is 6.92 Å². The first-order valence-corrected chi connectivity index (χ1v) is 5.04. The van der Waals surface area contributed by atoms with E-state index in [4.69, 9.17) is 0 Å². The maximum atomic E-state index is 2.51. The molecule has 0 bridgehead atoms. The van der Waals surface area contributed by atoms with Gasteiger partial charge in [-0.25, -0.2) is 0 Å². The van der Waals surface area contributed by atoms with E-state index < -0.39 is 0 Å². The lowest BCUT2D eigenvalue weighted by atomic mass is 9.93. The average Bonchev–Trinajstić information content (AvgIpc) is 2.09. The monoisotopic (exact) mass is 175 g/mol. The Morgan fingerprint density at radius 2 is 1.77 bits per heavy atom. The van der Waals surface area contributed by atoms with E-state index in [9.17, 15) is 0 Å². The number of aryl methyl sites for hydroxylation is 1. The van der Waals surface area contributed by atoms with Crippen LogP contribution >= 0.6 is 0 Å². The SMILES string of the molecule is Cc1ccccc1N1[C@H](C)C[C@H]1C. The van der Waals surface area contributed by atoms with Gasteiger partial charge in [-0.1, -0.05) is 18.2 Å². The Labute approximate surface area is 80.4 Å². The van der Waals surface area contributed by atoms with Crippen LogP contribution in [0.25, 0.3) is 0 Å². The molecule has 0 N–H and O–H groups in total. The summed E-state index contributed by atoms with van der Waals surface area (Å²) in [5.74, 6) is 0. The highest BCUT2D eigenvalue weighted by Crippen LogP contribution is 2.33. The maximum Gasteiger partial charge on any atom is 0.0400 e. The van der Waals surface area contributed by atoms with Gasteiger partial charge in [-0.05, 0) is 38.8 Å². The molecule has 0 spiro atoms. The molecule has 1 aromatic rings. The molecule has 1 heteroatoms. The van der Waals surface area contributed by atoms with E-state index in [1.54, 1.807) is 0 Å². The second-order valence-electron chi connectivity index (χ2n) is 4.13. The minimum absolute atomic E-state index is 0.719. The zero-order chi connectivity index (χ0) is 9.42. The van der Waals surface area contributed by atoms with Gasteiger partial charge in [0.2, 0.25) is 0 Å². The summed E-state index contributed by atoms with van der Waals surface area (Å²) in [4.78, 5) is 2.51. The lowest BCUT2D eigenvalue weighted by Gasteiger charge is -2.48. The Bertz CT molecular complexity index is 298. The predicted octanol–water partition coefficient (Wildman–Crippen LogP) is 2.98. The van der Waals surface area contributed by atoms with Crippen LogP contribution in [0.15, 0.2) is 24.3 Å². The molecule has 13 heavy (non-hydrogen) atoms. The Kier molecular flexibility index (Phi) is 2.03. The zero-order valence-corrected chi connectivity index (χ0v) is 8.62. The molecular formula is C12H17N. The third-order valence-corrected chi connectivity index (χ3v) is 3.03. The molecule has 1 nitrogen and oxygen atoms in total. The van der Waals surface area contributed by atoms with Gasteiger partial charge >= 0.3 is 0 Å². The third kappa shape index (κ3) is 1.32. The molecule has 0 unspecified atom stereocenters. The smallest absolute Gasteiger partial charge is 0.0400 e. The molecule has 0 aromatic heterocycles. The normalized spacial score (nSPS) is 27.2. The van der Waals surface area contributed by atoms with Crippen molar-refractivity contribution >= 4 is 5.69 Å². The predicted molar refractivity (Wildman–Crippen MR) is 57.2 cm³/mol. The van der Waals surface area contributed by atoms with Gasteiger partial charge in [0.05, 0.1) is 0 Å². The molecule has 1 aliphatic rings. The summed E-state index contributed by atoms with van der Waals surface area (Å²) >= 11 is 0. The van der Waals surface area contributed by atoms with Crippen molar-refractivity contribution in [3.8, 4) is 0 Å². The number of anilines is 1. The third-order valence-electron chi connectivity index (χ3n) is 3.03. The van der Waals surface area contributed by atoms with E-state index in [1.807, 2.05) is 0 Å². The van der Waals surface area contributed by atoms with Gasteiger partial charge in [-0.15, -0.1) is 0 Å². The summed E-state index contributed by atoms with van der Waals surface area (Å²) in [5, 5.41) is 0. The molecule has 2 atom stereocenters. The van der Waals surface area contributed by atoms with Crippen molar-refractivity contribution in [1.29, 1.82) is 0 Å². The van der Waals surface area contributed by atoms with Gasteiger partial charge in [0.1, 0.15) is 0 Å². The standard InChI is InChI=1S/C12H17N/c1-9-6-4-5-7-12(9)13-10(2)8-11(13)3/h4-7,10-11H,8H2,1-3H3/t10-,11-/m1/s1. The Morgan fingerprint density at radius 3 is 2.31 bits per heavy atom. The Hall–Kier alpha value is -0.980. The first-order valence-electron chi connectivity index (χ1n) is 5.04. The van der Waals surface area contributed by atoms with Crippen molar-refractivity contribution in [2.45, 2.75) is 39.3 Å². The highest BCUT2D eigenvalue weighted by molar-refractivity contribution is 5.56. The number of benzene rings is 1. The molecule has 0 radical (unpaired) electrons. The first kappa shape index (κ1) is 8.61. The second-order valence-corrected chi connectivity index (χ2v) is 4.13. The second kappa shape index (κ2) is 3.06. The molecule has 1 saturated heterocycles. The molecule has 0 saturated carbocycles. The highest BCUT2D eigenvalue weighted by atomic mass is 15.2. The number of para-hydroxylation sites is 1. The van der Waals surface area contributed by atoms with Crippen LogP contribution in [-0.2, 0) is 0 Å². The molecule has 70 valence electrons. The molecule has 1 fully saturated rings. The topological polar surface area (TPSA) is 3.24 Å². The fourth-order valence-corrected chi connectivity index (χ4v) is 2.35. The molecular weight excluding hydrogens is 158 g/mol. The number of rotatable bonds is 1. The lowest BCUT2D eigenvalue weighted by molar-refractivity contribution is 0.379. The van der Waals surface area contributed by atoms with Crippen molar-refractivity contribution in [1.82, 2.24) is 0 Å². The van der Waals surface area contributed by atoms with Gasteiger partial charge in [0.15, 0.2) is 0 Å². The van der Waals surface area contributed by atoms with Crippen molar-refractivity contribution in [2.24, 2.45) is 0 Å².